The molecule has 2 aromatic heterocycles. The zero-order chi connectivity index (χ0) is 22.1. The molecule has 32 heavy (non-hydrogen) atoms. The first kappa shape index (κ1) is 20.2. The first-order valence-corrected chi connectivity index (χ1v) is 10.7. The van der Waals surface area contributed by atoms with Gasteiger partial charge < -0.3 is 10.1 Å². The molecule has 6 nitrogen and oxygen atoms in total. The Bertz CT molecular complexity index is 1240. The third kappa shape index (κ3) is 4.19. The first-order valence-electron chi connectivity index (χ1n) is 10.7. The van der Waals surface area contributed by atoms with Crippen molar-refractivity contribution >= 4 is 16.8 Å². The van der Waals surface area contributed by atoms with Gasteiger partial charge in [-0.3, -0.25) is 9.78 Å². The van der Waals surface area contributed by atoms with Crippen molar-refractivity contribution in [2.45, 2.75) is 31.9 Å². The van der Waals surface area contributed by atoms with E-state index in [2.05, 4.69) is 15.4 Å². The summed E-state index contributed by atoms with van der Waals surface area (Å²) < 4.78 is 21.4. The van der Waals surface area contributed by atoms with E-state index in [0.29, 0.717) is 5.75 Å². The molecule has 1 aliphatic rings. The molecule has 0 unspecified atom stereocenters. The molecular weight excluding hydrogens is 407 g/mol. The lowest BCUT2D eigenvalue weighted by atomic mass is 10.0. The van der Waals surface area contributed by atoms with Crippen molar-refractivity contribution in [2.75, 3.05) is 0 Å². The van der Waals surface area contributed by atoms with Crippen LogP contribution in [0, 0.1) is 11.7 Å². The molecule has 1 N–H and O–H groups in total. The normalized spacial score (nSPS) is 15.3. The number of carbonyl (C=O) groups excluding carboxylic acids is 1. The van der Waals surface area contributed by atoms with E-state index < -0.39 is 6.10 Å². The van der Waals surface area contributed by atoms with E-state index in [1.807, 2.05) is 37.3 Å². The number of hydrogen-bond acceptors (Lipinski definition) is 4. The van der Waals surface area contributed by atoms with Crippen LogP contribution in [-0.2, 0) is 4.79 Å². The molecule has 2 heterocycles. The third-order valence-electron chi connectivity index (χ3n) is 5.66. The van der Waals surface area contributed by atoms with Crippen LogP contribution in [0.1, 0.15) is 31.4 Å². The Morgan fingerprint density at radius 3 is 2.69 bits per heavy atom. The number of fused-ring (bicyclic) bond motifs is 1. The van der Waals surface area contributed by atoms with E-state index in [1.54, 1.807) is 35.4 Å². The Hall–Kier alpha value is -3.74. The van der Waals surface area contributed by atoms with Crippen molar-refractivity contribution in [1.29, 1.82) is 0 Å². The molecule has 1 fully saturated rings. The van der Waals surface area contributed by atoms with Gasteiger partial charge in [-0.2, -0.15) is 5.10 Å². The summed E-state index contributed by atoms with van der Waals surface area (Å²) in [4.78, 5) is 16.5. The van der Waals surface area contributed by atoms with Gasteiger partial charge in [0.2, 0.25) is 5.91 Å². The minimum absolute atomic E-state index is 0.0750. The van der Waals surface area contributed by atoms with Crippen LogP contribution in [-0.4, -0.2) is 26.7 Å². The van der Waals surface area contributed by atoms with Crippen molar-refractivity contribution < 1.29 is 13.9 Å². The zero-order valence-corrected chi connectivity index (χ0v) is 17.6. The molecule has 0 spiro atoms. The fourth-order valence-corrected chi connectivity index (χ4v) is 3.79. The second-order valence-electron chi connectivity index (χ2n) is 8.15. The van der Waals surface area contributed by atoms with Crippen LogP contribution in [0.4, 0.5) is 4.39 Å². The Morgan fingerprint density at radius 2 is 1.97 bits per heavy atom. The average molecular weight is 430 g/mol. The van der Waals surface area contributed by atoms with Crippen LogP contribution in [0.3, 0.4) is 0 Å². The predicted molar refractivity (Wildman–Crippen MR) is 119 cm³/mol. The van der Waals surface area contributed by atoms with E-state index in [9.17, 15) is 9.18 Å². The van der Waals surface area contributed by atoms with Gasteiger partial charge in [-0.15, -0.1) is 0 Å². The number of pyridine rings is 1. The van der Waals surface area contributed by atoms with Gasteiger partial charge in [0.05, 0.1) is 23.4 Å². The Labute approximate surface area is 185 Å². The van der Waals surface area contributed by atoms with Gasteiger partial charge in [0.1, 0.15) is 17.7 Å². The molecule has 2 atom stereocenters. The largest absolute Gasteiger partial charge is 0.484 e. The SMILES string of the molecule is C[C@H](NC(=O)C1CC1)[C@H](Oc1ccc2c(cnn2-c2ccc(F)cc2)c1)c1cccnc1. The second-order valence-corrected chi connectivity index (χ2v) is 8.15. The van der Waals surface area contributed by atoms with Crippen molar-refractivity contribution in [2.24, 2.45) is 5.92 Å². The maximum Gasteiger partial charge on any atom is 0.223 e. The zero-order valence-electron chi connectivity index (χ0n) is 17.6. The summed E-state index contributed by atoms with van der Waals surface area (Å²) in [6.07, 6.45) is 6.73. The Kier molecular flexibility index (Phi) is 5.31. The fraction of sp³-hybridized carbons (Fsp3) is 0.240. The number of aromatic nitrogens is 3. The number of benzene rings is 2. The molecule has 1 amide bonds. The number of nitrogens with one attached hydrogen (secondary N) is 1. The van der Waals surface area contributed by atoms with Crippen molar-refractivity contribution in [3.05, 3.63) is 84.6 Å². The third-order valence-corrected chi connectivity index (χ3v) is 5.66. The Balaban J connectivity index is 1.42. The van der Waals surface area contributed by atoms with Gasteiger partial charge >= 0.3 is 0 Å². The number of nitrogens with zero attached hydrogens (tertiary/aromatic N) is 3. The van der Waals surface area contributed by atoms with Crippen LogP contribution in [0.15, 0.2) is 73.2 Å². The lowest BCUT2D eigenvalue weighted by Gasteiger charge is -2.26. The van der Waals surface area contributed by atoms with Crippen molar-refractivity contribution in [1.82, 2.24) is 20.1 Å². The maximum atomic E-state index is 13.3. The minimum Gasteiger partial charge on any atom is -0.484 e. The molecule has 0 saturated heterocycles. The van der Waals surface area contributed by atoms with Crippen molar-refractivity contribution in [3.63, 3.8) is 0 Å². The summed E-state index contributed by atoms with van der Waals surface area (Å²) in [7, 11) is 0. The Morgan fingerprint density at radius 1 is 1.16 bits per heavy atom. The second kappa shape index (κ2) is 8.42. The van der Waals surface area contributed by atoms with Gasteiger partial charge in [-0.1, -0.05) is 6.07 Å². The molecule has 0 aliphatic heterocycles. The highest BCUT2D eigenvalue weighted by atomic mass is 19.1. The van der Waals surface area contributed by atoms with Gasteiger partial charge in [-0.25, -0.2) is 9.07 Å². The quantitative estimate of drug-likeness (QED) is 0.465. The number of amides is 1. The predicted octanol–water partition coefficient (Wildman–Crippen LogP) is 4.59. The minimum atomic E-state index is -0.393. The summed E-state index contributed by atoms with van der Waals surface area (Å²) in [6.45, 7) is 1.95. The standard InChI is InChI=1S/C25H23FN4O2/c1-16(29-25(31)17-4-5-17)24(18-3-2-12-27-14-18)32-22-10-11-23-19(13-22)15-28-30(23)21-8-6-20(26)7-9-21/h2-3,6-17,24H,4-5H2,1H3,(H,29,31)/t16-,24-/m0/s1. The van der Waals surface area contributed by atoms with Crippen molar-refractivity contribution in [3.8, 4) is 11.4 Å². The summed E-state index contributed by atoms with van der Waals surface area (Å²) in [6, 6.07) is 15.5. The van der Waals surface area contributed by atoms with Gasteiger partial charge in [0, 0.05) is 29.3 Å². The molecule has 1 saturated carbocycles. The summed E-state index contributed by atoms with van der Waals surface area (Å²) in [5, 5.41) is 8.43. The molecule has 0 radical (unpaired) electrons. The van der Waals surface area contributed by atoms with Gasteiger partial charge in [0.15, 0.2) is 0 Å². The van der Waals surface area contributed by atoms with E-state index in [4.69, 9.17) is 4.74 Å². The van der Waals surface area contributed by atoms with Gasteiger partial charge in [-0.05, 0) is 68.3 Å². The van der Waals surface area contributed by atoms with Crippen LogP contribution in [0.2, 0.25) is 0 Å². The number of carbonyl (C=O) groups is 1. The lowest BCUT2D eigenvalue weighted by molar-refractivity contribution is -0.123. The highest BCUT2D eigenvalue weighted by molar-refractivity contribution is 5.82. The van der Waals surface area contributed by atoms with E-state index >= 15 is 0 Å². The van der Waals surface area contributed by atoms with Crippen LogP contribution in [0.5, 0.6) is 5.75 Å². The highest BCUT2D eigenvalue weighted by Crippen LogP contribution is 2.31. The van der Waals surface area contributed by atoms with Gasteiger partial charge in [0.25, 0.3) is 0 Å². The topological polar surface area (TPSA) is 69.0 Å². The van der Waals surface area contributed by atoms with Crippen LogP contribution < -0.4 is 10.1 Å². The number of halogens is 1. The lowest BCUT2D eigenvalue weighted by Crippen LogP contribution is -2.40. The molecule has 0 bridgehead atoms. The highest BCUT2D eigenvalue weighted by Gasteiger charge is 2.32. The smallest absolute Gasteiger partial charge is 0.223 e. The van der Waals surface area contributed by atoms with Crippen LogP contribution in [0.25, 0.3) is 16.6 Å². The molecule has 4 aromatic rings. The van der Waals surface area contributed by atoms with E-state index in [-0.39, 0.29) is 23.7 Å². The molecule has 5 rings (SSSR count). The molecule has 162 valence electrons. The maximum absolute atomic E-state index is 13.3. The molecule has 1 aliphatic carbocycles. The van der Waals surface area contributed by atoms with Crippen LogP contribution >= 0.6 is 0 Å². The average Bonchev–Trinajstić information content (AvgIpc) is 3.58. The first-order chi connectivity index (χ1) is 15.6. The van der Waals surface area contributed by atoms with E-state index in [1.165, 1.54) is 12.1 Å². The summed E-state index contributed by atoms with van der Waals surface area (Å²) in [5.41, 5.74) is 2.55. The fourth-order valence-electron chi connectivity index (χ4n) is 3.79. The summed E-state index contributed by atoms with van der Waals surface area (Å²) in [5.74, 6) is 0.578. The van der Waals surface area contributed by atoms with E-state index in [0.717, 1.165) is 35.0 Å². The molecular formula is C25H23FN4O2. The molecule has 2 aromatic carbocycles. The number of rotatable bonds is 7. The number of ether oxygens (including phenoxy) is 1. The number of hydrogen-bond donors (Lipinski definition) is 1. The molecule has 7 heteroatoms. The monoisotopic (exact) mass is 430 g/mol. The summed E-state index contributed by atoms with van der Waals surface area (Å²) >= 11 is 0.